The van der Waals surface area contributed by atoms with Crippen molar-refractivity contribution in [3.05, 3.63) is 48.1 Å². The molecule has 0 aromatic heterocycles. The molecule has 0 unspecified atom stereocenters. The number of methoxy groups -OCH3 is 1. The number of nitrogens with zero attached hydrogens (tertiary/aromatic N) is 1. The number of fused-ring (bicyclic) bond motifs is 1. The molecule has 0 saturated carbocycles. The predicted molar refractivity (Wildman–Crippen MR) is 144 cm³/mol. The van der Waals surface area contributed by atoms with Crippen LogP contribution >= 0.6 is 0 Å². The van der Waals surface area contributed by atoms with Crippen molar-refractivity contribution in [1.82, 2.24) is 10.2 Å². The Morgan fingerprint density at radius 3 is 2.38 bits per heavy atom. The molecule has 0 fully saturated rings. The van der Waals surface area contributed by atoms with Gasteiger partial charge < -0.3 is 34.1 Å². The third-order valence-corrected chi connectivity index (χ3v) is 5.83. The standard InChI is InChI=1S/C28H40N2O9/c1-9-11-36-25-22-19(13-17(3)24(25)35-8)14-20(16-38-18(4)32)30(27(34)37-12-10-2)23(22)21(15-31)29-26(33)39-28(5,6)7/h9-10,13,20-21,23,31H,1-2,11-12,14-16H2,3-8H3,(H,29,33)/t20-,21-,23-/m0/s1. The Kier molecular flexibility index (Phi) is 11.2. The first kappa shape index (κ1) is 31.5. The van der Waals surface area contributed by atoms with Gasteiger partial charge in [-0.1, -0.05) is 31.4 Å². The van der Waals surface area contributed by atoms with Crippen LogP contribution in [0, 0.1) is 6.92 Å². The molecule has 1 aliphatic heterocycles. The van der Waals surface area contributed by atoms with Crippen LogP contribution in [0.5, 0.6) is 11.5 Å². The molecule has 11 heteroatoms. The molecule has 0 bridgehead atoms. The maximum atomic E-state index is 13.5. The number of carbonyl (C=O) groups is 3. The van der Waals surface area contributed by atoms with E-state index >= 15 is 0 Å². The van der Waals surface area contributed by atoms with E-state index in [1.807, 2.05) is 13.0 Å². The third-order valence-electron chi connectivity index (χ3n) is 5.83. The maximum absolute atomic E-state index is 13.5. The zero-order chi connectivity index (χ0) is 29.3. The average Bonchev–Trinajstić information content (AvgIpc) is 2.85. The lowest BCUT2D eigenvalue weighted by atomic mass is 9.83. The number of benzene rings is 1. The molecule has 1 heterocycles. The lowest BCUT2D eigenvalue weighted by molar-refractivity contribution is -0.143. The summed E-state index contributed by atoms with van der Waals surface area (Å²) >= 11 is 0. The van der Waals surface area contributed by atoms with Gasteiger partial charge in [-0.2, -0.15) is 0 Å². The molecular weight excluding hydrogens is 508 g/mol. The minimum absolute atomic E-state index is 0.0878. The van der Waals surface area contributed by atoms with Crippen molar-refractivity contribution in [3.8, 4) is 11.5 Å². The molecule has 0 saturated heterocycles. The van der Waals surface area contributed by atoms with E-state index in [9.17, 15) is 19.5 Å². The number of rotatable bonds is 11. The lowest BCUT2D eigenvalue weighted by Gasteiger charge is -2.45. The van der Waals surface area contributed by atoms with Crippen LogP contribution in [0.25, 0.3) is 0 Å². The molecule has 1 aromatic carbocycles. The molecule has 39 heavy (non-hydrogen) atoms. The summed E-state index contributed by atoms with van der Waals surface area (Å²) in [5.41, 5.74) is 1.22. The van der Waals surface area contributed by atoms with Gasteiger partial charge in [0.1, 0.15) is 25.4 Å². The van der Waals surface area contributed by atoms with Crippen LogP contribution in [0.15, 0.2) is 31.4 Å². The summed E-state index contributed by atoms with van der Waals surface area (Å²) < 4.78 is 27.9. The Bertz CT molecular complexity index is 1060. The maximum Gasteiger partial charge on any atom is 0.411 e. The Labute approximate surface area is 229 Å². The largest absolute Gasteiger partial charge is 0.493 e. The third kappa shape index (κ3) is 8.13. The summed E-state index contributed by atoms with van der Waals surface area (Å²) in [5.74, 6) is 0.227. The number of aliphatic hydroxyl groups is 1. The van der Waals surface area contributed by atoms with Crippen LogP contribution in [-0.4, -0.2) is 79.4 Å². The number of carbonyl (C=O) groups excluding carboxylic acids is 3. The second kappa shape index (κ2) is 13.9. The molecule has 2 N–H and O–H groups in total. The zero-order valence-corrected chi connectivity index (χ0v) is 23.6. The second-order valence-corrected chi connectivity index (χ2v) is 10.0. The smallest absolute Gasteiger partial charge is 0.411 e. The van der Waals surface area contributed by atoms with Crippen LogP contribution in [0.3, 0.4) is 0 Å². The van der Waals surface area contributed by atoms with Crippen molar-refractivity contribution in [3.63, 3.8) is 0 Å². The molecule has 1 aromatic rings. The number of aliphatic hydroxyl groups excluding tert-OH is 1. The van der Waals surface area contributed by atoms with E-state index in [4.69, 9.17) is 23.7 Å². The van der Waals surface area contributed by atoms with Gasteiger partial charge in [-0.25, -0.2) is 9.59 Å². The average molecular weight is 549 g/mol. The molecule has 216 valence electrons. The first-order chi connectivity index (χ1) is 18.4. The van der Waals surface area contributed by atoms with Gasteiger partial charge in [0.05, 0.1) is 31.8 Å². The molecule has 0 radical (unpaired) electrons. The van der Waals surface area contributed by atoms with Crippen LogP contribution in [0.2, 0.25) is 0 Å². The normalized spacial score (nSPS) is 17.3. The second-order valence-electron chi connectivity index (χ2n) is 10.0. The van der Waals surface area contributed by atoms with Crippen molar-refractivity contribution >= 4 is 18.2 Å². The van der Waals surface area contributed by atoms with Crippen LogP contribution < -0.4 is 14.8 Å². The number of amides is 2. The summed E-state index contributed by atoms with van der Waals surface area (Å²) in [7, 11) is 1.50. The fourth-order valence-electron chi connectivity index (χ4n) is 4.50. The zero-order valence-electron chi connectivity index (χ0n) is 23.6. The van der Waals surface area contributed by atoms with Gasteiger partial charge in [-0.15, -0.1) is 0 Å². The fourth-order valence-corrected chi connectivity index (χ4v) is 4.50. The van der Waals surface area contributed by atoms with E-state index in [1.54, 1.807) is 26.8 Å². The number of hydrogen-bond acceptors (Lipinski definition) is 9. The van der Waals surface area contributed by atoms with Crippen molar-refractivity contribution in [2.24, 2.45) is 0 Å². The molecule has 3 atom stereocenters. The highest BCUT2D eigenvalue weighted by Gasteiger charge is 2.46. The van der Waals surface area contributed by atoms with E-state index in [-0.39, 0.29) is 26.2 Å². The van der Waals surface area contributed by atoms with Gasteiger partial charge in [-0.05, 0) is 45.2 Å². The Morgan fingerprint density at radius 1 is 1.18 bits per heavy atom. The number of esters is 1. The van der Waals surface area contributed by atoms with Gasteiger partial charge in [0, 0.05) is 12.5 Å². The van der Waals surface area contributed by atoms with Gasteiger partial charge in [0.15, 0.2) is 11.5 Å². The number of ether oxygens (including phenoxy) is 5. The Balaban J connectivity index is 2.81. The van der Waals surface area contributed by atoms with Gasteiger partial charge >= 0.3 is 18.2 Å². The lowest BCUT2D eigenvalue weighted by Crippen LogP contribution is -2.57. The number of aryl methyl sites for hydroxylation is 1. The van der Waals surface area contributed by atoms with Crippen LogP contribution in [-0.2, 0) is 25.4 Å². The molecule has 2 amide bonds. The van der Waals surface area contributed by atoms with Gasteiger partial charge in [0.2, 0.25) is 0 Å². The molecule has 1 aliphatic rings. The molecule has 0 spiro atoms. The molecule has 0 aliphatic carbocycles. The highest BCUT2D eigenvalue weighted by Crippen LogP contribution is 2.47. The molecule has 2 rings (SSSR count). The highest BCUT2D eigenvalue weighted by atomic mass is 16.6. The SMILES string of the molecule is C=CCOC(=O)N1[C@H](COC(C)=O)Cc2cc(C)c(OC)c(OCC=C)c2[C@@H]1[C@H](CO)NC(=O)OC(C)(C)C. The summed E-state index contributed by atoms with van der Waals surface area (Å²) in [4.78, 5) is 39.4. The number of nitrogens with one attached hydrogen (secondary N) is 1. The van der Waals surface area contributed by atoms with Gasteiger partial charge in [0.25, 0.3) is 0 Å². The van der Waals surface area contributed by atoms with Crippen molar-refractivity contribution in [2.75, 3.05) is 33.5 Å². The fraction of sp³-hybridized carbons (Fsp3) is 0.536. The van der Waals surface area contributed by atoms with Gasteiger partial charge in [-0.3, -0.25) is 9.69 Å². The Hall–Kier alpha value is -3.73. The summed E-state index contributed by atoms with van der Waals surface area (Å²) in [6.07, 6.45) is 1.69. The molecular formula is C28H40N2O9. The van der Waals surface area contributed by atoms with Crippen LogP contribution in [0.4, 0.5) is 9.59 Å². The summed E-state index contributed by atoms with van der Waals surface area (Å²) in [6, 6.07) is -0.915. The van der Waals surface area contributed by atoms with E-state index < -0.39 is 48.5 Å². The predicted octanol–water partition coefficient (Wildman–Crippen LogP) is 3.61. The number of hydrogen-bond donors (Lipinski definition) is 2. The van der Waals surface area contributed by atoms with E-state index in [0.717, 1.165) is 11.1 Å². The van der Waals surface area contributed by atoms with E-state index in [1.165, 1.54) is 25.0 Å². The minimum atomic E-state index is -1.08. The molecule has 11 nitrogen and oxygen atoms in total. The first-order valence-electron chi connectivity index (χ1n) is 12.6. The van der Waals surface area contributed by atoms with E-state index in [2.05, 4.69) is 18.5 Å². The quantitative estimate of drug-likeness (QED) is 0.242. The van der Waals surface area contributed by atoms with Crippen molar-refractivity contribution in [2.45, 2.75) is 64.8 Å². The van der Waals surface area contributed by atoms with Crippen molar-refractivity contribution in [1.29, 1.82) is 0 Å². The topological polar surface area (TPSA) is 133 Å². The Morgan fingerprint density at radius 2 is 1.85 bits per heavy atom. The minimum Gasteiger partial charge on any atom is -0.493 e. The highest BCUT2D eigenvalue weighted by molar-refractivity contribution is 5.73. The van der Waals surface area contributed by atoms with Crippen LogP contribution in [0.1, 0.15) is 50.4 Å². The first-order valence-corrected chi connectivity index (χ1v) is 12.6. The van der Waals surface area contributed by atoms with E-state index in [0.29, 0.717) is 17.1 Å². The number of alkyl carbamates (subject to hydrolysis) is 1. The summed E-state index contributed by atoms with van der Waals surface area (Å²) in [6.45, 7) is 14.9. The monoisotopic (exact) mass is 548 g/mol. The summed E-state index contributed by atoms with van der Waals surface area (Å²) in [5, 5.41) is 13.2. The van der Waals surface area contributed by atoms with Crippen molar-refractivity contribution < 1.29 is 43.2 Å².